The van der Waals surface area contributed by atoms with E-state index in [4.69, 9.17) is 20.9 Å². The first kappa shape index (κ1) is 28.6. The Bertz CT molecular complexity index is 1200. The second-order valence-corrected chi connectivity index (χ2v) is 9.23. The van der Waals surface area contributed by atoms with Gasteiger partial charge in [0, 0.05) is 37.8 Å². The Labute approximate surface area is 222 Å². The molecule has 10 nitrogen and oxygen atoms in total. The first-order chi connectivity index (χ1) is 18.4. The van der Waals surface area contributed by atoms with Gasteiger partial charge in [-0.2, -0.15) is 5.26 Å². The molecule has 10 heteroatoms. The molecule has 5 N–H and O–H groups in total. The number of carbonyl (C=O) groups excluding carboxylic acids is 3. The molecule has 1 fully saturated rings. The number of ether oxygens (including phenoxy) is 2. The zero-order valence-corrected chi connectivity index (χ0v) is 21.5. The SMILES string of the molecule is N#C/C(=C\c1ccc2cc(N3CCCCC3)ccc2c1)C(=O)NCCOCCOC(=O)C[C@@H](N)CC(N)=O. The molecule has 0 unspecified atom stereocenters. The minimum atomic E-state index is -0.676. The summed E-state index contributed by atoms with van der Waals surface area (Å²) < 4.78 is 10.3. The lowest BCUT2D eigenvalue weighted by Crippen LogP contribution is -2.31. The van der Waals surface area contributed by atoms with Crippen LogP contribution in [0.1, 0.15) is 37.7 Å². The number of piperidine rings is 1. The molecule has 0 aromatic heterocycles. The lowest BCUT2D eigenvalue weighted by Gasteiger charge is -2.29. The van der Waals surface area contributed by atoms with Gasteiger partial charge in [-0.05, 0) is 59.9 Å². The minimum absolute atomic E-state index is 0.00415. The first-order valence-electron chi connectivity index (χ1n) is 12.8. The van der Waals surface area contributed by atoms with Crippen LogP contribution in [0.15, 0.2) is 42.0 Å². The highest BCUT2D eigenvalue weighted by Gasteiger charge is 2.14. The lowest BCUT2D eigenvalue weighted by atomic mass is 10.0. The predicted molar refractivity (Wildman–Crippen MR) is 145 cm³/mol. The van der Waals surface area contributed by atoms with Crippen LogP contribution in [0.4, 0.5) is 5.69 Å². The van der Waals surface area contributed by atoms with Crippen molar-refractivity contribution in [2.24, 2.45) is 11.5 Å². The maximum absolute atomic E-state index is 12.4. The summed E-state index contributed by atoms with van der Waals surface area (Å²) in [5.74, 6) is -1.62. The third-order valence-corrected chi connectivity index (χ3v) is 6.16. The monoisotopic (exact) mass is 521 g/mol. The van der Waals surface area contributed by atoms with Gasteiger partial charge in [0.05, 0.1) is 19.6 Å². The van der Waals surface area contributed by atoms with E-state index < -0.39 is 23.8 Å². The van der Waals surface area contributed by atoms with Gasteiger partial charge in [0.2, 0.25) is 5.91 Å². The van der Waals surface area contributed by atoms with E-state index in [1.807, 2.05) is 24.3 Å². The maximum atomic E-state index is 12.4. The van der Waals surface area contributed by atoms with Crippen LogP contribution in [0.5, 0.6) is 0 Å². The minimum Gasteiger partial charge on any atom is -0.463 e. The van der Waals surface area contributed by atoms with Crippen LogP contribution >= 0.6 is 0 Å². The van der Waals surface area contributed by atoms with Crippen molar-refractivity contribution >= 4 is 40.3 Å². The highest BCUT2D eigenvalue weighted by atomic mass is 16.6. The van der Waals surface area contributed by atoms with E-state index in [2.05, 4.69) is 28.4 Å². The molecular weight excluding hydrogens is 486 g/mol. The summed E-state index contributed by atoms with van der Waals surface area (Å²) >= 11 is 0. The van der Waals surface area contributed by atoms with Crippen molar-refractivity contribution in [2.45, 2.75) is 38.1 Å². The topological polar surface area (TPSA) is 161 Å². The van der Waals surface area contributed by atoms with Gasteiger partial charge in [0.25, 0.3) is 5.91 Å². The number of hydrogen-bond donors (Lipinski definition) is 3. The molecule has 2 amide bonds. The molecule has 0 radical (unpaired) electrons. The molecule has 2 aromatic carbocycles. The second-order valence-electron chi connectivity index (χ2n) is 9.23. The van der Waals surface area contributed by atoms with Crippen LogP contribution in [0, 0.1) is 11.3 Å². The Morgan fingerprint density at radius 1 is 1.03 bits per heavy atom. The number of rotatable bonds is 13. The maximum Gasteiger partial charge on any atom is 0.307 e. The van der Waals surface area contributed by atoms with Crippen molar-refractivity contribution in [1.29, 1.82) is 5.26 Å². The summed E-state index contributed by atoms with van der Waals surface area (Å²) in [5.41, 5.74) is 12.6. The molecule has 1 aliphatic heterocycles. The van der Waals surface area contributed by atoms with E-state index in [0.29, 0.717) is 0 Å². The van der Waals surface area contributed by atoms with Gasteiger partial charge in [0.15, 0.2) is 0 Å². The fourth-order valence-corrected chi connectivity index (χ4v) is 4.26. The third-order valence-electron chi connectivity index (χ3n) is 6.16. The van der Waals surface area contributed by atoms with Crippen LogP contribution in [-0.2, 0) is 23.9 Å². The average molecular weight is 522 g/mol. The smallest absolute Gasteiger partial charge is 0.307 e. The van der Waals surface area contributed by atoms with Gasteiger partial charge in [-0.25, -0.2) is 0 Å². The second kappa shape index (κ2) is 14.7. The summed E-state index contributed by atoms with van der Waals surface area (Å²) in [6.07, 6.45) is 5.09. The van der Waals surface area contributed by atoms with Crippen LogP contribution in [0.3, 0.4) is 0 Å². The Morgan fingerprint density at radius 2 is 1.76 bits per heavy atom. The molecule has 202 valence electrons. The van der Waals surface area contributed by atoms with Gasteiger partial charge in [0.1, 0.15) is 18.2 Å². The van der Waals surface area contributed by atoms with Gasteiger partial charge < -0.3 is 31.2 Å². The van der Waals surface area contributed by atoms with Crippen LogP contribution in [0.2, 0.25) is 0 Å². The van der Waals surface area contributed by atoms with Gasteiger partial charge in [-0.15, -0.1) is 0 Å². The van der Waals surface area contributed by atoms with Crippen molar-refractivity contribution in [2.75, 3.05) is 44.4 Å². The Hall–Kier alpha value is -3.94. The lowest BCUT2D eigenvalue weighted by molar-refractivity contribution is -0.145. The van der Waals surface area contributed by atoms with E-state index in [1.54, 1.807) is 6.08 Å². The van der Waals surface area contributed by atoms with E-state index in [-0.39, 0.29) is 44.8 Å². The summed E-state index contributed by atoms with van der Waals surface area (Å²) in [6.45, 7) is 2.68. The molecular formula is C28H35N5O5. The van der Waals surface area contributed by atoms with Crippen molar-refractivity contribution < 1.29 is 23.9 Å². The van der Waals surface area contributed by atoms with E-state index in [1.165, 1.54) is 24.9 Å². The molecule has 1 heterocycles. The number of nitrogens with one attached hydrogen (secondary N) is 1. The number of esters is 1. The number of nitrogens with zero attached hydrogens (tertiary/aromatic N) is 2. The van der Waals surface area contributed by atoms with Crippen molar-refractivity contribution in [3.8, 4) is 6.07 Å². The molecule has 0 saturated carbocycles. The number of fused-ring (bicyclic) bond motifs is 1. The normalized spacial score (nSPS) is 14.5. The molecule has 3 rings (SSSR count). The standard InChI is InChI=1S/C28H35N5O5/c29-19-23(28(36)32-8-11-37-12-13-38-27(35)18-24(30)17-26(31)34)15-20-4-5-22-16-25(7-6-21(22)14-20)33-9-2-1-3-10-33/h4-7,14-16,24H,1-3,8-13,17-18,30H2,(H2,31,34)(H,32,36)/b23-15+/t24-/m0/s1. The van der Waals surface area contributed by atoms with E-state index in [0.717, 1.165) is 29.4 Å². The van der Waals surface area contributed by atoms with Gasteiger partial charge >= 0.3 is 5.97 Å². The molecule has 0 bridgehead atoms. The molecule has 0 spiro atoms. The Morgan fingerprint density at radius 3 is 2.50 bits per heavy atom. The largest absolute Gasteiger partial charge is 0.463 e. The summed E-state index contributed by atoms with van der Waals surface area (Å²) in [6, 6.07) is 13.5. The highest BCUT2D eigenvalue weighted by Crippen LogP contribution is 2.26. The fourth-order valence-electron chi connectivity index (χ4n) is 4.26. The number of benzene rings is 2. The number of primary amides is 1. The fraction of sp³-hybridized carbons (Fsp3) is 0.429. The van der Waals surface area contributed by atoms with Gasteiger partial charge in [-0.1, -0.05) is 18.2 Å². The number of hydrogen-bond acceptors (Lipinski definition) is 8. The third kappa shape index (κ3) is 9.18. The predicted octanol–water partition coefficient (Wildman–Crippen LogP) is 2.01. The number of amides is 2. The van der Waals surface area contributed by atoms with E-state index >= 15 is 0 Å². The Kier molecular flexibility index (Phi) is 11.1. The summed E-state index contributed by atoms with van der Waals surface area (Å²) in [5, 5.41) is 14.3. The van der Waals surface area contributed by atoms with Crippen LogP contribution < -0.4 is 21.7 Å². The molecule has 2 aromatic rings. The Balaban J connectivity index is 1.41. The van der Waals surface area contributed by atoms with Crippen molar-refractivity contribution in [3.05, 3.63) is 47.5 Å². The highest BCUT2D eigenvalue weighted by molar-refractivity contribution is 6.02. The zero-order valence-electron chi connectivity index (χ0n) is 21.5. The zero-order chi connectivity index (χ0) is 27.3. The first-order valence-corrected chi connectivity index (χ1v) is 12.8. The van der Waals surface area contributed by atoms with Crippen molar-refractivity contribution in [1.82, 2.24) is 5.32 Å². The number of nitriles is 1. The van der Waals surface area contributed by atoms with Crippen LogP contribution in [0.25, 0.3) is 16.8 Å². The number of nitrogens with two attached hydrogens (primary N) is 2. The van der Waals surface area contributed by atoms with Gasteiger partial charge in [-0.3, -0.25) is 14.4 Å². The molecule has 1 saturated heterocycles. The van der Waals surface area contributed by atoms with Crippen LogP contribution in [-0.4, -0.2) is 63.3 Å². The molecule has 0 aliphatic carbocycles. The summed E-state index contributed by atoms with van der Waals surface area (Å²) in [7, 11) is 0. The average Bonchev–Trinajstić information content (AvgIpc) is 2.90. The van der Waals surface area contributed by atoms with E-state index in [9.17, 15) is 19.6 Å². The molecule has 1 aliphatic rings. The number of anilines is 1. The quantitative estimate of drug-likeness (QED) is 0.156. The summed E-state index contributed by atoms with van der Waals surface area (Å²) in [4.78, 5) is 37.2. The molecule has 1 atom stereocenters. The molecule has 38 heavy (non-hydrogen) atoms. The number of carbonyl (C=O) groups is 3. The van der Waals surface area contributed by atoms with Crippen molar-refractivity contribution in [3.63, 3.8) is 0 Å².